The molecule has 0 saturated carbocycles. The Labute approximate surface area is 80.8 Å². The number of hydrogen-bond donors (Lipinski definition) is 1. The van der Waals surface area contributed by atoms with Crippen LogP contribution in [-0.2, 0) is 0 Å². The Morgan fingerprint density at radius 1 is 1.50 bits per heavy atom. The SMILES string of the molecule is C[C@@H](CN)Oc1ccccc1Br. The highest BCUT2D eigenvalue weighted by Crippen LogP contribution is 2.24. The molecule has 0 radical (unpaired) electrons. The van der Waals surface area contributed by atoms with E-state index < -0.39 is 0 Å². The maximum Gasteiger partial charge on any atom is 0.133 e. The van der Waals surface area contributed by atoms with Gasteiger partial charge in [0.15, 0.2) is 0 Å². The molecule has 66 valence electrons. The molecule has 0 aliphatic rings. The van der Waals surface area contributed by atoms with Crippen molar-refractivity contribution >= 4 is 15.9 Å². The quantitative estimate of drug-likeness (QED) is 0.863. The van der Waals surface area contributed by atoms with Gasteiger partial charge in [-0.15, -0.1) is 0 Å². The Morgan fingerprint density at radius 3 is 2.75 bits per heavy atom. The third-order valence-electron chi connectivity index (χ3n) is 1.50. The highest BCUT2D eigenvalue weighted by Gasteiger charge is 2.03. The van der Waals surface area contributed by atoms with E-state index in [1.165, 1.54) is 0 Å². The van der Waals surface area contributed by atoms with Crippen LogP contribution < -0.4 is 10.5 Å². The lowest BCUT2D eigenvalue weighted by Gasteiger charge is -2.13. The molecule has 2 nitrogen and oxygen atoms in total. The van der Waals surface area contributed by atoms with Gasteiger partial charge in [-0.25, -0.2) is 0 Å². The van der Waals surface area contributed by atoms with Gasteiger partial charge in [0.05, 0.1) is 4.47 Å². The van der Waals surface area contributed by atoms with Crippen LogP contribution in [0.2, 0.25) is 0 Å². The van der Waals surface area contributed by atoms with E-state index in [1.807, 2.05) is 31.2 Å². The van der Waals surface area contributed by atoms with E-state index in [9.17, 15) is 0 Å². The zero-order valence-corrected chi connectivity index (χ0v) is 8.54. The van der Waals surface area contributed by atoms with Gasteiger partial charge in [-0.1, -0.05) is 12.1 Å². The molecule has 2 N–H and O–H groups in total. The molecule has 0 heterocycles. The maximum atomic E-state index is 5.52. The van der Waals surface area contributed by atoms with Crippen molar-refractivity contribution in [1.29, 1.82) is 0 Å². The minimum Gasteiger partial charge on any atom is -0.488 e. The monoisotopic (exact) mass is 229 g/mol. The molecule has 0 fully saturated rings. The highest BCUT2D eigenvalue weighted by atomic mass is 79.9. The Morgan fingerprint density at radius 2 is 2.17 bits per heavy atom. The molecule has 0 saturated heterocycles. The fraction of sp³-hybridized carbons (Fsp3) is 0.333. The largest absolute Gasteiger partial charge is 0.488 e. The average Bonchev–Trinajstić information content (AvgIpc) is 2.09. The van der Waals surface area contributed by atoms with E-state index in [0.29, 0.717) is 6.54 Å². The van der Waals surface area contributed by atoms with Crippen LogP contribution in [0.25, 0.3) is 0 Å². The van der Waals surface area contributed by atoms with Crippen molar-refractivity contribution in [2.45, 2.75) is 13.0 Å². The van der Waals surface area contributed by atoms with Gasteiger partial charge < -0.3 is 10.5 Å². The van der Waals surface area contributed by atoms with Crippen LogP contribution in [0.1, 0.15) is 6.92 Å². The Hall–Kier alpha value is -0.540. The molecule has 0 unspecified atom stereocenters. The smallest absolute Gasteiger partial charge is 0.133 e. The van der Waals surface area contributed by atoms with Crippen LogP contribution in [0.3, 0.4) is 0 Å². The lowest BCUT2D eigenvalue weighted by atomic mass is 10.3. The Bertz CT molecular complexity index is 252. The zero-order valence-electron chi connectivity index (χ0n) is 6.96. The van der Waals surface area contributed by atoms with Crippen LogP contribution in [0.15, 0.2) is 28.7 Å². The first-order valence-electron chi connectivity index (χ1n) is 3.85. The summed E-state index contributed by atoms with van der Waals surface area (Å²) in [5.41, 5.74) is 5.43. The lowest BCUT2D eigenvalue weighted by molar-refractivity contribution is 0.228. The zero-order chi connectivity index (χ0) is 8.97. The van der Waals surface area contributed by atoms with Gasteiger partial charge in [-0.2, -0.15) is 0 Å². The second-order valence-corrected chi connectivity index (χ2v) is 3.45. The first-order valence-corrected chi connectivity index (χ1v) is 4.64. The van der Waals surface area contributed by atoms with Crippen molar-refractivity contribution in [3.05, 3.63) is 28.7 Å². The van der Waals surface area contributed by atoms with Crippen LogP contribution in [0.4, 0.5) is 0 Å². The van der Waals surface area contributed by atoms with Crippen molar-refractivity contribution in [3.8, 4) is 5.75 Å². The van der Waals surface area contributed by atoms with Crippen molar-refractivity contribution in [2.24, 2.45) is 5.73 Å². The summed E-state index contributed by atoms with van der Waals surface area (Å²) < 4.78 is 6.49. The number of hydrogen-bond acceptors (Lipinski definition) is 2. The van der Waals surface area contributed by atoms with Gasteiger partial charge in [0, 0.05) is 6.54 Å². The topological polar surface area (TPSA) is 35.2 Å². The van der Waals surface area contributed by atoms with Crippen molar-refractivity contribution in [2.75, 3.05) is 6.54 Å². The molecule has 0 amide bonds. The van der Waals surface area contributed by atoms with Gasteiger partial charge in [0.1, 0.15) is 11.9 Å². The summed E-state index contributed by atoms with van der Waals surface area (Å²) in [5, 5.41) is 0. The minimum atomic E-state index is 0.0590. The van der Waals surface area contributed by atoms with Gasteiger partial charge >= 0.3 is 0 Å². The molecule has 1 aromatic rings. The van der Waals surface area contributed by atoms with Crippen LogP contribution in [0, 0.1) is 0 Å². The van der Waals surface area contributed by atoms with Gasteiger partial charge in [0.2, 0.25) is 0 Å². The van der Waals surface area contributed by atoms with E-state index in [4.69, 9.17) is 10.5 Å². The summed E-state index contributed by atoms with van der Waals surface area (Å²) in [4.78, 5) is 0. The number of rotatable bonds is 3. The molecule has 0 aromatic heterocycles. The molecule has 0 bridgehead atoms. The summed E-state index contributed by atoms with van der Waals surface area (Å²) in [5.74, 6) is 0.843. The maximum absolute atomic E-state index is 5.52. The summed E-state index contributed by atoms with van der Waals surface area (Å²) in [7, 11) is 0. The van der Waals surface area contributed by atoms with E-state index in [1.54, 1.807) is 0 Å². The Balaban J connectivity index is 2.69. The predicted octanol–water partition coefficient (Wildman–Crippen LogP) is 2.18. The summed E-state index contributed by atoms with van der Waals surface area (Å²) in [6, 6.07) is 7.74. The molecule has 1 rings (SSSR count). The van der Waals surface area contributed by atoms with E-state index in [0.717, 1.165) is 10.2 Å². The second-order valence-electron chi connectivity index (χ2n) is 2.59. The van der Waals surface area contributed by atoms with Crippen molar-refractivity contribution in [1.82, 2.24) is 0 Å². The van der Waals surface area contributed by atoms with E-state index >= 15 is 0 Å². The highest BCUT2D eigenvalue weighted by molar-refractivity contribution is 9.10. The second kappa shape index (κ2) is 4.48. The molecule has 0 aliphatic carbocycles. The number of halogens is 1. The fourth-order valence-electron chi connectivity index (χ4n) is 0.805. The van der Waals surface area contributed by atoms with E-state index in [-0.39, 0.29) is 6.10 Å². The molecular weight excluding hydrogens is 218 g/mol. The molecule has 12 heavy (non-hydrogen) atoms. The average molecular weight is 230 g/mol. The first kappa shape index (κ1) is 9.55. The molecule has 0 aliphatic heterocycles. The number of nitrogens with two attached hydrogens (primary N) is 1. The Kier molecular flexibility index (Phi) is 3.56. The number of para-hydroxylation sites is 1. The number of benzene rings is 1. The molecule has 1 aromatic carbocycles. The predicted molar refractivity (Wildman–Crippen MR) is 53.3 cm³/mol. The van der Waals surface area contributed by atoms with Crippen molar-refractivity contribution in [3.63, 3.8) is 0 Å². The third-order valence-corrected chi connectivity index (χ3v) is 2.15. The normalized spacial score (nSPS) is 12.6. The third kappa shape index (κ3) is 2.50. The molecule has 3 heteroatoms. The molecular formula is C9H12BrNO. The molecule has 0 spiro atoms. The van der Waals surface area contributed by atoms with Gasteiger partial charge in [-0.3, -0.25) is 0 Å². The fourth-order valence-corrected chi connectivity index (χ4v) is 1.18. The summed E-state index contributed by atoms with van der Waals surface area (Å²) >= 11 is 3.39. The minimum absolute atomic E-state index is 0.0590. The standard InChI is InChI=1S/C9H12BrNO/c1-7(6-11)12-9-5-3-2-4-8(9)10/h2-5,7H,6,11H2,1H3/t7-/m0/s1. The van der Waals surface area contributed by atoms with Gasteiger partial charge in [-0.05, 0) is 35.0 Å². The van der Waals surface area contributed by atoms with Crippen molar-refractivity contribution < 1.29 is 4.74 Å². The summed E-state index contributed by atoms with van der Waals surface area (Å²) in [6.07, 6.45) is 0.0590. The van der Waals surface area contributed by atoms with Gasteiger partial charge in [0.25, 0.3) is 0 Å². The van der Waals surface area contributed by atoms with Crippen LogP contribution in [-0.4, -0.2) is 12.6 Å². The number of ether oxygens (including phenoxy) is 1. The van der Waals surface area contributed by atoms with Crippen LogP contribution in [0.5, 0.6) is 5.75 Å². The first-order chi connectivity index (χ1) is 5.74. The van der Waals surface area contributed by atoms with E-state index in [2.05, 4.69) is 15.9 Å². The summed E-state index contributed by atoms with van der Waals surface area (Å²) in [6.45, 7) is 2.47. The lowest BCUT2D eigenvalue weighted by Crippen LogP contribution is -2.22. The van der Waals surface area contributed by atoms with Crippen LogP contribution >= 0.6 is 15.9 Å². The molecule has 1 atom stereocenters.